The molecule has 3 amide bonds. The fourth-order valence-corrected chi connectivity index (χ4v) is 2.52. The van der Waals surface area contributed by atoms with Crippen LogP contribution in [0.25, 0.3) is 0 Å². The molecule has 2 atom stereocenters. The third-order valence-electron chi connectivity index (χ3n) is 2.83. The Kier molecular flexibility index (Phi) is 3.81. The quantitative estimate of drug-likeness (QED) is 0.551. The Balaban J connectivity index is 0.00000162. The normalized spacial score (nSPS) is 27.1. The van der Waals surface area contributed by atoms with Crippen LogP contribution in [0.15, 0.2) is 0 Å². The Morgan fingerprint density at radius 3 is 2.56 bits per heavy atom. The predicted octanol–water partition coefficient (Wildman–Crippen LogP) is -2.35. The van der Waals surface area contributed by atoms with Gasteiger partial charge in [0.2, 0.25) is 5.91 Å². The van der Waals surface area contributed by atoms with Gasteiger partial charge in [-0.05, 0) is 12.8 Å². The second kappa shape index (κ2) is 4.68. The third-order valence-corrected chi connectivity index (χ3v) is 3.17. The number of carbonyl (C=O) groups excluding carboxylic acids is 2. The topological polar surface area (TPSA) is 162 Å². The van der Waals surface area contributed by atoms with E-state index < -0.39 is 34.4 Å². The summed E-state index contributed by atoms with van der Waals surface area (Å²) in [5.41, 5.74) is 5.13. The molecular formula is C7H13N3O7S. The van der Waals surface area contributed by atoms with Gasteiger partial charge in [-0.1, -0.05) is 0 Å². The molecule has 0 aromatic rings. The van der Waals surface area contributed by atoms with Gasteiger partial charge >= 0.3 is 16.4 Å². The van der Waals surface area contributed by atoms with Crippen molar-refractivity contribution in [1.29, 1.82) is 0 Å². The fraction of sp³-hybridized carbons (Fsp3) is 0.714. The summed E-state index contributed by atoms with van der Waals surface area (Å²) < 4.78 is 33.8. The highest BCUT2D eigenvalue weighted by Crippen LogP contribution is 2.30. The van der Waals surface area contributed by atoms with Gasteiger partial charge in [-0.25, -0.2) is 4.79 Å². The van der Waals surface area contributed by atoms with Crippen LogP contribution in [0.2, 0.25) is 0 Å². The highest BCUT2D eigenvalue weighted by Gasteiger charge is 2.48. The Labute approximate surface area is 102 Å². The molecule has 2 rings (SSSR count). The molecule has 18 heavy (non-hydrogen) atoms. The molecule has 2 bridgehead atoms. The summed E-state index contributed by atoms with van der Waals surface area (Å²) in [5, 5.41) is 0.568. The highest BCUT2D eigenvalue weighted by atomic mass is 32.3. The maximum Gasteiger partial charge on any atom is 0.418 e. The zero-order valence-corrected chi connectivity index (χ0v) is 9.96. The summed E-state index contributed by atoms with van der Waals surface area (Å²) in [6.07, 6.45) is 0.725. The molecule has 2 fully saturated rings. The maximum absolute atomic E-state index is 11.7. The van der Waals surface area contributed by atoms with Gasteiger partial charge in [-0.15, -0.1) is 4.28 Å². The summed E-state index contributed by atoms with van der Waals surface area (Å²) >= 11 is 0. The Morgan fingerprint density at radius 1 is 1.44 bits per heavy atom. The second-order valence-corrected chi connectivity index (χ2v) is 4.92. The molecule has 2 aliphatic rings. The third kappa shape index (κ3) is 2.53. The SMILES string of the molecule is NC(=O)[C@H]1CC[C@@H]2CN1C(=O)N2OS(=O)(=O)O.O. The molecule has 0 aliphatic carbocycles. The van der Waals surface area contributed by atoms with Crippen molar-refractivity contribution in [3.05, 3.63) is 0 Å². The predicted molar refractivity (Wildman–Crippen MR) is 56.2 cm³/mol. The lowest BCUT2D eigenvalue weighted by Crippen LogP contribution is -2.47. The van der Waals surface area contributed by atoms with Crippen LogP contribution >= 0.6 is 0 Å². The number of nitrogens with zero attached hydrogens (tertiary/aromatic N) is 2. The van der Waals surface area contributed by atoms with E-state index in [1.807, 2.05) is 0 Å². The monoisotopic (exact) mass is 283 g/mol. The van der Waals surface area contributed by atoms with Gasteiger partial charge in [0.25, 0.3) is 0 Å². The van der Waals surface area contributed by atoms with E-state index in [2.05, 4.69) is 4.28 Å². The smallest absolute Gasteiger partial charge is 0.412 e. The van der Waals surface area contributed by atoms with Crippen molar-refractivity contribution in [1.82, 2.24) is 9.96 Å². The first-order valence-corrected chi connectivity index (χ1v) is 6.22. The van der Waals surface area contributed by atoms with Gasteiger partial charge in [-0.2, -0.15) is 13.5 Å². The molecule has 104 valence electrons. The lowest BCUT2D eigenvalue weighted by Gasteiger charge is -2.27. The number of urea groups is 1. The number of hydrogen-bond acceptors (Lipinski definition) is 5. The molecule has 0 aromatic heterocycles. The molecule has 2 heterocycles. The van der Waals surface area contributed by atoms with Crippen molar-refractivity contribution in [2.45, 2.75) is 24.9 Å². The zero-order valence-electron chi connectivity index (χ0n) is 9.14. The van der Waals surface area contributed by atoms with Crippen LogP contribution in [0, 0.1) is 0 Å². The molecular weight excluding hydrogens is 270 g/mol. The summed E-state index contributed by atoms with van der Waals surface area (Å²) in [6, 6.07) is -2.04. The van der Waals surface area contributed by atoms with Crippen LogP contribution < -0.4 is 5.73 Å². The van der Waals surface area contributed by atoms with Crippen molar-refractivity contribution in [3.8, 4) is 0 Å². The number of carbonyl (C=O) groups is 2. The van der Waals surface area contributed by atoms with E-state index in [-0.39, 0.29) is 12.0 Å². The molecule has 0 unspecified atom stereocenters. The number of piperidine rings is 1. The highest BCUT2D eigenvalue weighted by molar-refractivity contribution is 7.80. The second-order valence-electron chi connectivity index (χ2n) is 3.91. The van der Waals surface area contributed by atoms with Gasteiger partial charge in [0.05, 0.1) is 6.04 Å². The minimum Gasteiger partial charge on any atom is -0.412 e. The van der Waals surface area contributed by atoms with Gasteiger partial charge < -0.3 is 16.1 Å². The molecule has 0 radical (unpaired) electrons. The van der Waals surface area contributed by atoms with E-state index in [0.29, 0.717) is 17.9 Å². The number of rotatable bonds is 3. The molecule has 2 saturated heterocycles. The Hall–Kier alpha value is -1.43. The summed E-state index contributed by atoms with van der Waals surface area (Å²) in [7, 11) is -4.75. The minimum atomic E-state index is -4.75. The molecule has 0 saturated carbocycles. The van der Waals surface area contributed by atoms with Crippen molar-refractivity contribution >= 4 is 22.3 Å². The molecule has 10 nitrogen and oxygen atoms in total. The number of primary amides is 1. The summed E-state index contributed by atoms with van der Waals surface area (Å²) in [4.78, 5) is 23.9. The van der Waals surface area contributed by atoms with Crippen LogP contribution in [0.5, 0.6) is 0 Å². The van der Waals surface area contributed by atoms with Crippen LogP contribution in [0.4, 0.5) is 4.79 Å². The van der Waals surface area contributed by atoms with E-state index in [4.69, 9.17) is 10.3 Å². The number of nitrogens with two attached hydrogens (primary N) is 1. The Morgan fingerprint density at radius 2 is 2.06 bits per heavy atom. The van der Waals surface area contributed by atoms with Crippen molar-refractivity contribution in [2.24, 2.45) is 5.73 Å². The van der Waals surface area contributed by atoms with Crippen LogP contribution in [-0.4, -0.2) is 59.0 Å². The lowest BCUT2D eigenvalue weighted by atomic mass is 10.0. The van der Waals surface area contributed by atoms with Gasteiger partial charge in [0.15, 0.2) is 0 Å². The first-order chi connectivity index (χ1) is 7.79. The molecule has 0 aromatic carbocycles. The zero-order chi connectivity index (χ0) is 12.8. The van der Waals surface area contributed by atoms with E-state index in [1.165, 1.54) is 0 Å². The summed E-state index contributed by atoms with van der Waals surface area (Å²) in [5.74, 6) is -0.648. The van der Waals surface area contributed by atoms with E-state index in [9.17, 15) is 18.0 Å². The van der Waals surface area contributed by atoms with E-state index in [1.54, 1.807) is 0 Å². The van der Waals surface area contributed by atoms with Crippen LogP contribution in [0.3, 0.4) is 0 Å². The molecule has 0 spiro atoms. The number of hydrogen-bond donors (Lipinski definition) is 2. The standard InChI is InChI=1S/C7H11N3O6S.H2O/c8-6(11)5-2-1-4-3-9(5)7(12)10(4)16-17(13,14)15;/h4-5H,1-3H2,(H2,8,11)(H,13,14,15);1H2/t4-,5-;/m1./s1. The maximum atomic E-state index is 11.7. The first kappa shape index (κ1) is 14.6. The average Bonchev–Trinajstić information content (AvgIpc) is 2.42. The van der Waals surface area contributed by atoms with E-state index in [0.717, 1.165) is 4.90 Å². The molecule has 2 aliphatic heterocycles. The van der Waals surface area contributed by atoms with Gasteiger partial charge in [0.1, 0.15) is 6.04 Å². The molecule has 5 N–H and O–H groups in total. The first-order valence-electron chi connectivity index (χ1n) is 4.86. The lowest BCUT2D eigenvalue weighted by molar-refractivity contribution is -0.122. The number of hydroxylamine groups is 2. The van der Waals surface area contributed by atoms with Crippen LogP contribution in [0.1, 0.15) is 12.8 Å². The average molecular weight is 283 g/mol. The summed E-state index contributed by atoms with van der Waals surface area (Å²) in [6.45, 7) is 0.155. The van der Waals surface area contributed by atoms with Crippen LogP contribution in [-0.2, 0) is 19.5 Å². The molecule has 11 heteroatoms. The number of fused-ring (bicyclic) bond motifs is 2. The van der Waals surface area contributed by atoms with Crippen molar-refractivity contribution in [3.63, 3.8) is 0 Å². The fourth-order valence-electron chi connectivity index (χ4n) is 2.13. The largest absolute Gasteiger partial charge is 0.418 e. The van der Waals surface area contributed by atoms with Crippen molar-refractivity contribution < 1.29 is 32.3 Å². The van der Waals surface area contributed by atoms with Gasteiger partial charge in [0, 0.05) is 6.54 Å². The van der Waals surface area contributed by atoms with Crippen molar-refractivity contribution in [2.75, 3.05) is 6.54 Å². The van der Waals surface area contributed by atoms with Gasteiger partial charge in [-0.3, -0.25) is 9.35 Å². The Bertz CT molecular complexity index is 464. The van der Waals surface area contributed by atoms with E-state index >= 15 is 0 Å². The minimum absolute atomic E-state index is 0. The number of amides is 3.